The lowest BCUT2D eigenvalue weighted by molar-refractivity contribution is -0.121. The summed E-state index contributed by atoms with van der Waals surface area (Å²) in [6.45, 7) is 3.33. The van der Waals surface area contributed by atoms with E-state index < -0.39 is 6.04 Å². The van der Waals surface area contributed by atoms with E-state index in [4.69, 9.17) is 5.26 Å². The third kappa shape index (κ3) is 2.16. The molecule has 0 unspecified atom stereocenters. The molecule has 0 radical (unpaired) electrons. The van der Waals surface area contributed by atoms with Crippen LogP contribution in [0.4, 0.5) is 10.5 Å². The van der Waals surface area contributed by atoms with Gasteiger partial charge in [-0.05, 0) is 19.1 Å². The fourth-order valence-corrected chi connectivity index (χ4v) is 2.86. The van der Waals surface area contributed by atoms with Gasteiger partial charge in [0.2, 0.25) is 0 Å². The van der Waals surface area contributed by atoms with Gasteiger partial charge in [0.1, 0.15) is 6.04 Å². The lowest BCUT2D eigenvalue weighted by Gasteiger charge is -2.36. The molecule has 0 spiro atoms. The molecule has 0 saturated carbocycles. The maximum absolute atomic E-state index is 12.6. The van der Waals surface area contributed by atoms with E-state index in [0.717, 1.165) is 0 Å². The number of rotatable bonds is 2. The van der Waals surface area contributed by atoms with Crippen molar-refractivity contribution in [3.05, 3.63) is 30.3 Å². The van der Waals surface area contributed by atoms with Crippen molar-refractivity contribution >= 4 is 17.6 Å². The minimum atomic E-state index is -0.484. The number of anilines is 1. The zero-order valence-corrected chi connectivity index (χ0v) is 11.8. The molecule has 0 aliphatic carbocycles. The molecule has 6 nitrogen and oxygen atoms in total. The molecule has 2 atom stereocenters. The lowest BCUT2D eigenvalue weighted by atomic mass is 10.1. The molecule has 1 aromatic carbocycles. The molecule has 2 aliphatic rings. The van der Waals surface area contributed by atoms with E-state index in [1.807, 2.05) is 17.9 Å². The Bertz CT molecular complexity index is 610. The molecular weight excluding hydrogens is 268 g/mol. The van der Waals surface area contributed by atoms with E-state index in [9.17, 15) is 9.59 Å². The molecule has 108 valence electrons. The summed E-state index contributed by atoms with van der Waals surface area (Å²) >= 11 is 0. The van der Waals surface area contributed by atoms with Crippen LogP contribution in [0.15, 0.2) is 30.3 Å². The third-order valence-electron chi connectivity index (χ3n) is 4.10. The van der Waals surface area contributed by atoms with E-state index in [-0.39, 0.29) is 18.0 Å². The molecule has 1 aromatic rings. The van der Waals surface area contributed by atoms with Crippen LogP contribution in [0.2, 0.25) is 0 Å². The highest BCUT2D eigenvalue weighted by atomic mass is 16.2. The Balaban J connectivity index is 1.86. The van der Waals surface area contributed by atoms with Gasteiger partial charge in [-0.25, -0.2) is 9.69 Å². The van der Waals surface area contributed by atoms with Gasteiger partial charge in [-0.3, -0.25) is 9.69 Å². The second-order valence-electron chi connectivity index (χ2n) is 5.30. The van der Waals surface area contributed by atoms with E-state index >= 15 is 0 Å². The third-order valence-corrected chi connectivity index (χ3v) is 4.10. The normalized spacial score (nSPS) is 23.9. The number of carbonyl (C=O) groups is 2. The molecule has 0 N–H and O–H groups in total. The predicted octanol–water partition coefficient (Wildman–Crippen LogP) is 1.05. The van der Waals surface area contributed by atoms with E-state index in [1.54, 1.807) is 29.2 Å². The van der Waals surface area contributed by atoms with Gasteiger partial charge in [0.05, 0.1) is 17.8 Å². The maximum Gasteiger partial charge on any atom is 0.332 e. The van der Waals surface area contributed by atoms with Crippen LogP contribution in [0.1, 0.15) is 6.92 Å². The summed E-state index contributed by atoms with van der Waals surface area (Å²) < 4.78 is 0. The fraction of sp³-hybridized carbons (Fsp3) is 0.400. The zero-order chi connectivity index (χ0) is 15.0. The smallest absolute Gasteiger partial charge is 0.309 e. The first-order chi connectivity index (χ1) is 10.1. The first kappa shape index (κ1) is 13.6. The van der Waals surface area contributed by atoms with E-state index in [2.05, 4.69) is 6.07 Å². The molecule has 6 heteroatoms. The Morgan fingerprint density at radius 1 is 1.24 bits per heavy atom. The topological polar surface area (TPSA) is 67.7 Å². The van der Waals surface area contributed by atoms with Gasteiger partial charge in [-0.2, -0.15) is 5.26 Å². The molecule has 3 amide bonds. The second kappa shape index (κ2) is 5.19. The van der Waals surface area contributed by atoms with Crippen molar-refractivity contribution < 1.29 is 9.59 Å². The van der Waals surface area contributed by atoms with Crippen molar-refractivity contribution in [2.75, 3.05) is 24.5 Å². The molecule has 2 saturated heterocycles. The predicted molar refractivity (Wildman–Crippen MR) is 76.5 cm³/mol. The summed E-state index contributed by atoms with van der Waals surface area (Å²) in [4.78, 5) is 29.8. The SMILES string of the molecule is C[C@H](C#N)N1CCN2C(=O)N(c3ccccc3)C(=O)[C@@H]2C1. The number of nitriles is 1. The molecule has 2 heterocycles. The Morgan fingerprint density at radius 3 is 2.62 bits per heavy atom. The number of para-hydroxylation sites is 1. The van der Waals surface area contributed by atoms with Crippen LogP contribution in [0.25, 0.3) is 0 Å². The van der Waals surface area contributed by atoms with Gasteiger partial charge in [0, 0.05) is 19.6 Å². The highest BCUT2D eigenvalue weighted by Gasteiger charge is 2.48. The maximum atomic E-state index is 12.6. The highest BCUT2D eigenvalue weighted by Crippen LogP contribution is 2.27. The highest BCUT2D eigenvalue weighted by molar-refractivity contribution is 6.21. The number of hydrogen-bond acceptors (Lipinski definition) is 4. The second-order valence-corrected chi connectivity index (χ2v) is 5.30. The molecule has 21 heavy (non-hydrogen) atoms. The summed E-state index contributed by atoms with van der Waals surface area (Å²) in [5.41, 5.74) is 0.599. The average Bonchev–Trinajstić information content (AvgIpc) is 2.78. The summed E-state index contributed by atoms with van der Waals surface area (Å²) in [5.74, 6) is -0.207. The number of urea groups is 1. The Labute approximate surface area is 123 Å². The van der Waals surface area contributed by atoms with E-state index in [0.29, 0.717) is 25.3 Å². The van der Waals surface area contributed by atoms with Gasteiger partial charge in [0.25, 0.3) is 5.91 Å². The molecule has 0 aromatic heterocycles. The van der Waals surface area contributed by atoms with Gasteiger partial charge >= 0.3 is 6.03 Å². The average molecular weight is 284 g/mol. The van der Waals surface area contributed by atoms with Gasteiger partial charge in [0.15, 0.2) is 0 Å². The van der Waals surface area contributed by atoms with Gasteiger partial charge in [-0.15, -0.1) is 0 Å². The monoisotopic (exact) mass is 284 g/mol. The first-order valence-electron chi connectivity index (χ1n) is 6.96. The molecule has 0 bridgehead atoms. The minimum absolute atomic E-state index is 0.207. The molecule has 2 aliphatic heterocycles. The molecule has 2 fully saturated rings. The van der Waals surface area contributed by atoms with Crippen LogP contribution in [0.3, 0.4) is 0 Å². The first-order valence-corrected chi connectivity index (χ1v) is 6.96. The Kier molecular flexibility index (Phi) is 3.35. The van der Waals surface area contributed by atoms with Crippen molar-refractivity contribution in [1.82, 2.24) is 9.80 Å². The summed E-state index contributed by atoms with van der Waals surface area (Å²) in [5, 5.41) is 9.01. The van der Waals surface area contributed by atoms with Crippen LogP contribution >= 0.6 is 0 Å². The zero-order valence-electron chi connectivity index (χ0n) is 11.8. The van der Waals surface area contributed by atoms with Crippen LogP contribution in [-0.4, -0.2) is 53.5 Å². The number of fused-ring (bicyclic) bond motifs is 1. The van der Waals surface area contributed by atoms with Gasteiger partial charge < -0.3 is 4.90 Å². The minimum Gasteiger partial charge on any atom is -0.309 e. The number of nitrogens with zero attached hydrogens (tertiary/aromatic N) is 4. The largest absolute Gasteiger partial charge is 0.332 e. The fourth-order valence-electron chi connectivity index (χ4n) is 2.86. The van der Waals surface area contributed by atoms with Crippen molar-refractivity contribution in [2.45, 2.75) is 19.0 Å². The van der Waals surface area contributed by atoms with Crippen LogP contribution in [-0.2, 0) is 4.79 Å². The number of carbonyl (C=O) groups excluding carboxylic acids is 2. The Morgan fingerprint density at radius 2 is 1.95 bits per heavy atom. The lowest BCUT2D eigenvalue weighted by Crippen LogP contribution is -2.55. The van der Waals surface area contributed by atoms with E-state index in [1.165, 1.54) is 4.90 Å². The molecular formula is C15H16N4O2. The number of imide groups is 1. The van der Waals surface area contributed by atoms with Crippen LogP contribution in [0, 0.1) is 11.3 Å². The van der Waals surface area contributed by atoms with Crippen molar-refractivity contribution in [2.24, 2.45) is 0 Å². The van der Waals surface area contributed by atoms with Crippen molar-refractivity contribution in [1.29, 1.82) is 5.26 Å². The molecule has 3 rings (SSSR count). The number of piperazine rings is 1. The number of benzene rings is 1. The van der Waals surface area contributed by atoms with Crippen LogP contribution < -0.4 is 4.90 Å². The number of hydrogen-bond donors (Lipinski definition) is 0. The quantitative estimate of drug-likeness (QED) is 0.761. The van der Waals surface area contributed by atoms with Gasteiger partial charge in [-0.1, -0.05) is 18.2 Å². The number of amides is 3. The van der Waals surface area contributed by atoms with Crippen molar-refractivity contribution in [3.63, 3.8) is 0 Å². The van der Waals surface area contributed by atoms with Crippen molar-refractivity contribution in [3.8, 4) is 6.07 Å². The summed E-state index contributed by atoms with van der Waals surface area (Å²) in [6.07, 6.45) is 0. The van der Waals surface area contributed by atoms with Crippen LogP contribution in [0.5, 0.6) is 0 Å². The Hall–Kier alpha value is -2.39. The standard InChI is InChI=1S/C15H16N4O2/c1-11(9-16)17-7-8-18-13(10-17)14(20)19(15(18)21)12-5-3-2-4-6-12/h2-6,11,13H,7-8,10H2,1H3/t11-,13+/m1/s1. The summed E-state index contributed by atoms with van der Waals surface area (Å²) in [7, 11) is 0. The summed E-state index contributed by atoms with van der Waals surface area (Å²) in [6, 6.07) is 10.1.